The van der Waals surface area contributed by atoms with Crippen molar-refractivity contribution in [2.45, 2.75) is 19.6 Å². The van der Waals surface area contributed by atoms with Gasteiger partial charge in [-0.05, 0) is 5.56 Å². The van der Waals surface area contributed by atoms with Gasteiger partial charge in [0, 0.05) is 25.2 Å². The second-order valence-corrected chi connectivity index (χ2v) is 4.31. The number of rotatable bonds is 2. The van der Waals surface area contributed by atoms with Crippen molar-refractivity contribution in [1.82, 2.24) is 14.9 Å². The Balaban J connectivity index is 1.77. The molecule has 86 valence electrons. The van der Waals surface area contributed by atoms with E-state index in [0.29, 0.717) is 5.82 Å². The molecule has 0 saturated carbocycles. The third kappa shape index (κ3) is 1.99. The summed E-state index contributed by atoms with van der Waals surface area (Å²) in [5, 5.41) is 0. The highest BCUT2D eigenvalue weighted by molar-refractivity contribution is 5.43. The molecule has 0 unspecified atom stereocenters. The zero-order chi connectivity index (χ0) is 11.7. The highest BCUT2D eigenvalue weighted by atomic mass is 15.2. The molecule has 0 atom stereocenters. The van der Waals surface area contributed by atoms with Crippen LogP contribution in [-0.2, 0) is 19.6 Å². The fourth-order valence-corrected chi connectivity index (χ4v) is 2.22. The fraction of sp³-hybridized carbons (Fsp3) is 0.231. The molecule has 1 aromatic heterocycles. The molecule has 0 spiro atoms. The van der Waals surface area contributed by atoms with Gasteiger partial charge in [0.2, 0.25) is 0 Å². The molecule has 1 aromatic carbocycles. The number of hydrogen-bond acceptors (Lipinski definition) is 4. The smallest absolute Gasteiger partial charge is 0.131 e. The Bertz CT molecular complexity index is 524. The van der Waals surface area contributed by atoms with E-state index in [1.807, 2.05) is 6.07 Å². The Hall–Kier alpha value is -1.94. The van der Waals surface area contributed by atoms with E-state index in [0.717, 1.165) is 30.9 Å². The maximum absolute atomic E-state index is 5.85. The SMILES string of the molecule is Nc1ncnc2c1CN(Cc1ccccc1)C2. The van der Waals surface area contributed by atoms with Gasteiger partial charge in [0.15, 0.2) is 0 Å². The molecule has 1 aliphatic heterocycles. The normalized spacial score (nSPS) is 14.8. The summed E-state index contributed by atoms with van der Waals surface area (Å²) in [5.74, 6) is 0.616. The van der Waals surface area contributed by atoms with Gasteiger partial charge >= 0.3 is 0 Å². The molecular formula is C13H14N4. The molecule has 17 heavy (non-hydrogen) atoms. The molecule has 0 bridgehead atoms. The fourth-order valence-electron chi connectivity index (χ4n) is 2.22. The van der Waals surface area contributed by atoms with Crippen LogP contribution in [-0.4, -0.2) is 14.9 Å². The lowest BCUT2D eigenvalue weighted by molar-refractivity contribution is 0.274. The van der Waals surface area contributed by atoms with Gasteiger partial charge in [-0.25, -0.2) is 9.97 Å². The van der Waals surface area contributed by atoms with E-state index in [1.165, 1.54) is 5.56 Å². The van der Waals surface area contributed by atoms with Gasteiger partial charge in [-0.15, -0.1) is 0 Å². The highest BCUT2D eigenvalue weighted by Gasteiger charge is 2.22. The van der Waals surface area contributed by atoms with Gasteiger partial charge in [0.1, 0.15) is 12.1 Å². The van der Waals surface area contributed by atoms with Gasteiger partial charge in [0.25, 0.3) is 0 Å². The van der Waals surface area contributed by atoms with Crippen molar-refractivity contribution in [2.75, 3.05) is 5.73 Å². The van der Waals surface area contributed by atoms with Crippen LogP contribution in [0, 0.1) is 0 Å². The van der Waals surface area contributed by atoms with Crippen molar-refractivity contribution in [3.8, 4) is 0 Å². The van der Waals surface area contributed by atoms with E-state index in [-0.39, 0.29) is 0 Å². The maximum Gasteiger partial charge on any atom is 0.131 e. The minimum Gasteiger partial charge on any atom is -0.383 e. The lowest BCUT2D eigenvalue weighted by Crippen LogP contribution is -2.15. The Kier molecular flexibility index (Phi) is 2.49. The van der Waals surface area contributed by atoms with Gasteiger partial charge in [-0.3, -0.25) is 4.90 Å². The van der Waals surface area contributed by atoms with Gasteiger partial charge < -0.3 is 5.73 Å². The second kappa shape index (κ2) is 4.14. The van der Waals surface area contributed by atoms with E-state index in [4.69, 9.17) is 5.73 Å². The lowest BCUT2D eigenvalue weighted by Gasteiger charge is -2.14. The first-order valence-corrected chi connectivity index (χ1v) is 5.67. The number of nitrogens with zero attached hydrogens (tertiary/aromatic N) is 3. The summed E-state index contributed by atoms with van der Waals surface area (Å²) in [4.78, 5) is 10.6. The minimum absolute atomic E-state index is 0.616. The summed E-state index contributed by atoms with van der Waals surface area (Å²) in [7, 11) is 0. The van der Waals surface area contributed by atoms with Crippen LogP contribution in [0.4, 0.5) is 5.82 Å². The zero-order valence-electron chi connectivity index (χ0n) is 9.50. The average molecular weight is 226 g/mol. The van der Waals surface area contributed by atoms with Crippen LogP contribution in [0.15, 0.2) is 36.7 Å². The van der Waals surface area contributed by atoms with Crippen molar-refractivity contribution < 1.29 is 0 Å². The van der Waals surface area contributed by atoms with Crippen LogP contribution in [0.25, 0.3) is 0 Å². The lowest BCUT2D eigenvalue weighted by atomic mass is 10.2. The molecule has 0 aliphatic carbocycles. The topological polar surface area (TPSA) is 55.0 Å². The standard InChI is InChI=1S/C13H14N4/c14-13-11-7-17(8-12(11)15-9-16-13)6-10-4-2-1-3-5-10/h1-5,9H,6-8H2,(H2,14,15,16). The van der Waals surface area contributed by atoms with Crippen molar-refractivity contribution in [3.05, 3.63) is 53.5 Å². The summed E-state index contributed by atoms with van der Waals surface area (Å²) in [6.45, 7) is 2.63. The number of anilines is 1. The first kappa shape index (κ1) is 10.2. The van der Waals surface area contributed by atoms with Crippen LogP contribution in [0.3, 0.4) is 0 Å². The Morgan fingerprint density at radius 2 is 1.94 bits per heavy atom. The molecule has 0 fully saturated rings. The maximum atomic E-state index is 5.85. The van der Waals surface area contributed by atoms with E-state index in [9.17, 15) is 0 Å². The first-order valence-electron chi connectivity index (χ1n) is 5.67. The second-order valence-electron chi connectivity index (χ2n) is 4.31. The van der Waals surface area contributed by atoms with Crippen LogP contribution in [0.1, 0.15) is 16.8 Å². The molecular weight excluding hydrogens is 212 g/mol. The molecule has 3 rings (SSSR count). The van der Waals surface area contributed by atoms with Crippen molar-refractivity contribution in [3.63, 3.8) is 0 Å². The Labute approximate surface area is 100 Å². The summed E-state index contributed by atoms with van der Waals surface area (Å²) in [6, 6.07) is 10.4. The predicted octanol–water partition coefficient (Wildman–Crippen LogP) is 1.57. The summed E-state index contributed by atoms with van der Waals surface area (Å²) < 4.78 is 0. The molecule has 2 aromatic rings. The average Bonchev–Trinajstić information content (AvgIpc) is 2.74. The Morgan fingerprint density at radius 3 is 2.71 bits per heavy atom. The Morgan fingerprint density at radius 1 is 1.12 bits per heavy atom. The number of hydrogen-bond donors (Lipinski definition) is 1. The molecule has 4 nitrogen and oxygen atoms in total. The molecule has 2 N–H and O–H groups in total. The van der Waals surface area contributed by atoms with Crippen molar-refractivity contribution in [2.24, 2.45) is 0 Å². The van der Waals surface area contributed by atoms with Crippen LogP contribution in [0.2, 0.25) is 0 Å². The molecule has 0 amide bonds. The van der Waals surface area contributed by atoms with Crippen LogP contribution < -0.4 is 5.73 Å². The molecule has 0 radical (unpaired) electrons. The summed E-state index contributed by atoms with van der Waals surface area (Å²) in [6.07, 6.45) is 1.54. The van der Waals surface area contributed by atoms with E-state index >= 15 is 0 Å². The molecule has 1 aliphatic rings. The number of benzene rings is 1. The van der Waals surface area contributed by atoms with E-state index in [2.05, 4.69) is 39.1 Å². The molecule has 2 heterocycles. The quantitative estimate of drug-likeness (QED) is 0.844. The third-order valence-electron chi connectivity index (χ3n) is 3.07. The van der Waals surface area contributed by atoms with Crippen molar-refractivity contribution >= 4 is 5.82 Å². The zero-order valence-corrected chi connectivity index (χ0v) is 9.50. The van der Waals surface area contributed by atoms with E-state index in [1.54, 1.807) is 6.33 Å². The summed E-state index contributed by atoms with van der Waals surface area (Å²) >= 11 is 0. The predicted molar refractivity (Wildman–Crippen MR) is 65.8 cm³/mol. The van der Waals surface area contributed by atoms with E-state index < -0.39 is 0 Å². The minimum atomic E-state index is 0.616. The summed E-state index contributed by atoms with van der Waals surface area (Å²) in [5.41, 5.74) is 9.31. The molecule has 4 heteroatoms. The number of fused-ring (bicyclic) bond motifs is 1. The highest BCUT2D eigenvalue weighted by Crippen LogP contribution is 2.25. The molecule has 0 saturated heterocycles. The van der Waals surface area contributed by atoms with Gasteiger partial charge in [-0.2, -0.15) is 0 Å². The largest absolute Gasteiger partial charge is 0.383 e. The number of nitrogen functional groups attached to an aromatic ring is 1. The number of aromatic nitrogens is 2. The van der Waals surface area contributed by atoms with Crippen molar-refractivity contribution in [1.29, 1.82) is 0 Å². The van der Waals surface area contributed by atoms with Crippen LogP contribution in [0.5, 0.6) is 0 Å². The van der Waals surface area contributed by atoms with Gasteiger partial charge in [-0.1, -0.05) is 30.3 Å². The van der Waals surface area contributed by atoms with Crippen LogP contribution >= 0.6 is 0 Å². The first-order chi connectivity index (χ1) is 8.33. The van der Waals surface area contributed by atoms with Gasteiger partial charge in [0.05, 0.1) is 5.69 Å². The number of nitrogens with two attached hydrogens (primary N) is 1. The third-order valence-corrected chi connectivity index (χ3v) is 3.07. The monoisotopic (exact) mass is 226 g/mol.